The number of fused-ring (bicyclic) bond motifs is 2. The number of benzene rings is 2. The topological polar surface area (TPSA) is 55.1 Å². The third-order valence-corrected chi connectivity index (χ3v) is 6.07. The highest BCUT2D eigenvalue weighted by molar-refractivity contribution is 6.00. The van der Waals surface area contributed by atoms with E-state index >= 15 is 0 Å². The molecule has 3 aromatic rings. The molecule has 2 aliphatic rings. The molecule has 164 valence electrons. The molecular formula is C24H21F3N3O2+. The smallest absolute Gasteiger partial charge is 0.406 e. The molecule has 2 unspecified atom stereocenters. The van der Waals surface area contributed by atoms with Crippen molar-refractivity contribution in [3.05, 3.63) is 83.3 Å². The quantitative estimate of drug-likeness (QED) is 0.598. The van der Waals surface area contributed by atoms with Gasteiger partial charge in [0.05, 0.1) is 11.6 Å². The van der Waals surface area contributed by atoms with Gasteiger partial charge in [0.25, 0.3) is 6.33 Å². The fourth-order valence-corrected chi connectivity index (χ4v) is 4.52. The van der Waals surface area contributed by atoms with Gasteiger partial charge in [0.15, 0.2) is 6.04 Å². The van der Waals surface area contributed by atoms with Crippen LogP contribution in [0.15, 0.2) is 61.1 Å². The van der Waals surface area contributed by atoms with E-state index in [0.29, 0.717) is 12.8 Å². The van der Waals surface area contributed by atoms with Crippen molar-refractivity contribution in [2.24, 2.45) is 0 Å². The summed E-state index contributed by atoms with van der Waals surface area (Å²) < 4.78 is 43.5. The zero-order valence-corrected chi connectivity index (χ0v) is 17.1. The number of rotatable bonds is 3. The Bertz CT molecular complexity index is 1160. The Labute approximate surface area is 182 Å². The van der Waals surface area contributed by atoms with Gasteiger partial charge in [-0.3, -0.25) is 4.79 Å². The summed E-state index contributed by atoms with van der Waals surface area (Å²) in [7, 11) is 0. The number of hydrogen-bond acceptors (Lipinski definition) is 4. The summed E-state index contributed by atoms with van der Waals surface area (Å²) in [6.07, 6.45) is 1.64. The zero-order chi connectivity index (χ0) is 22.3. The number of Topliss-reactive ketones (excluding diaryl/α,β-unsaturated/α-hetero) is 1. The summed E-state index contributed by atoms with van der Waals surface area (Å²) in [4.78, 5) is 17.7. The molecule has 0 saturated heterocycles. The van der Waals surface area contributed by atoms with Gasteiger partial charge in [0.2, 0.25) is 11.6 Å². The molecular weight excluding hydrogens is 419 g/mol. The molecule has 5 rings (SSSR count). The predicted molar refractivity (Wildman–Crippen MR) is 110 cm³/mol. The Morgan fingerprint density at radius 1 is 1.03 bits per heavy atom. The van der Waals surface area contributed by atoms with E-state index in [-0.39, 0.29) is 23.1 Å². The minimum atomic E-state index is -4.80. The van der Waals surface area contributed by atoms with Gasteiger partial charge in [-0.2, -0.15) is 0 Å². The number of ketones is 1. The third kappa shape index (κ3) is 4.04. The molecule has 0 fully saturated rings. The van der Waals surface area contributed by atoms with Crippen LogP contribution in [-0.4, -0.2) is 17.1 Å². The number of carbonyl (C=O) groups is 1. The number of nitrogens with zero attached hydrogens (tertiary/aromatic N) is 2. The largest absolute Gasteiger partial charge is 0.573 e. The molecule has 8 heteroatoms. The molecule has 1 aliphatic carbocycles. The number of nitrogens with one attached hydrogen (secondary N) is 1. The maximum Gasteiger partial charge on any atom is 0.573 e. The van der Waals surface area contributed by atoms with Crippen LogP contribution in [0.25, 0.3) is 0 Å². The van der Waals surface area contributed by atoms with Crippen molar-refractivity contribution in [1.82, 2.24) is 4.98 Å². The van der Waals surface area contributed by atoms with Crippen LogP contribution in [0.5, 0.6) is 5.75 Å². The summed E-state index contributed by atoms with van der Waals surface area (Å²) >= 11 is 0. The van der Waals surface area contributed by atoms with E-state index in [2.05, 4.69) is 27.2 Å². The van der Waals surface area contributed by atoms with E-state index in [4.69, 9.17) is 0 Å². The summed E-state index contributed by atoms with van der Waals surface area (Å²) in [6, 6.07) is 13.8. The first kappa shape index (κ1) is 20.5. The van der Waals surface area contributed by atoms with Crippen LogP contribution in [0.4, 0.5) is 19.0 Å². The van der Waals surface area contributed by atoms with Gasteiger partial charge in [-0.25, -0.2) is 4.57 Å². The van der Waals surface area contributed by atoms with Crippen molar-refractivity contribution < 1.29 is 27.3 Å². The highest BCUT2D eigenvalue weighted by atomic mass is 19.4. The molecule has 32 heavy (non-hydrogen) atoms. The summed E-state index contributed by atoms with van der Waals surface area (Å²) in [5.74, 6) is 0.192. The Kier molecular flexibility index (Phi) is 5.07. The van der Waals surface area contributed by atoms with Crippen LogP contribution >= 0.6 is 0 Å². The van der Waals surface area contributed by atoms with E-state index in [9.17, 15) is 18.0 Å². The fourth-order valence-electron chi connectivity index (χ4n) is 4.52. The Balaban J connectivity index is 1.38. The SMILES string of the molecule is O=C1c2cc(OC(F)(F)F)ccc2CCC1[n+]1cnc2c(c1)CCC(c1ccccc1)N2. The van der Waals surface area contributed by atoms with Crippen LogP contribution in [0.1, 0.15) is 52.0 Å². The van der Waals surface area contributed by atoms with Gasteiger partial charge in [0.1, 0.15) is 11.9 Å². The number of alkyl halides is 3. The average molecular weight is 440 g/mol. The van der Waals surface area contributed by atoms with Gasteiger partial charge in [-0.1, -0.05) is 36.4 Å². The van der Waals surface area contributed by atoms with E-state index in [1.807, 2.05) is 24.4 Å². The van der Waals surface area contributed by atoms with E-state index in [1.165, 1.54) is 23.8 Å². The molecule has 0 saturated carbocycles. The maximum atomic E-state index is 13.1. The number of halogens is 3. The standard InChI is InChI=1S/C24H20F3N3O2/c25-24(26,27)32-18-9-6-15-8-11-21(22(31)19(15)12-18)30-13-17-7-10-20(29-23(17)28-14-30)16-4-2-1-3-5-16/h1-6,9,12-14,20-21H,7-8,10-11H2/p+1. The van der Waals surface area contributed by atoms with Crippen LogP contribution in [0.2, 0.25) is 0 Å². The van der Waals surface area contributed by atoms with Gasteiger partial charge >= 0.3 is 6.36 Å². The number of ether oxygens (including phenoxy) is 1. The van der Waals surface area contributed by atoms with Crippen molar-refractivity contribution in [3.63, 3.8) is 0 Å². The highest BCUT2D eigenvalue weighted by Crippen LogP contribution is 2.33. The number of aromatic nitrogens is 2. The molecule has 5 nitrogen and oxygen atoms in total. The molecule has 0 spiro atoms. The number of aryl methyl sites for hydroxylation is 2. The van der Waals surface area contributed by atoms with Gasteiger partial charge in [0, 0.05) is 5.56 Å². The van der Waals surface area contributed by atoms with Crippen molar-refractivity contribution in [1.29, 1.82) is 0 Å². The van der Waals surface area contributed by atoms with E-state index in [0.717, 1.165) is 29.8 Å². The summed E-state index contributed by atoms with van der Waals surface area (Å²) in [6.45, 7) is 0. The lowest BCUT2D eigenvalue weighted by molar-refractivity contribution is -0.711. The van der Waals surface area contributed by atoms with Gasteiger partial charge in [-0.05, 0) is 53.9 Å². The van der Waals surface area contributed by atoms with E-state index < -0.39 is 12.4 Å². The second-order valence-electron chi connectivity index (χ2n) is 8.13. The van der Waals surface area contributed by atoms with Crippen LogP contribution in [0.3, 0.4) is 0 Å². The Morgan fingerprint density at radius 2 is 1.81 bits per heavy atom. The number of hydrogen-bond donors (Lipinski definition) is 1. The van der Waals surface area contributed by atoms with Crippen LogP contribution in [-0.2, 0) is 12.8 Å². The molecule has 1 N–H and O–H groups in total. The minimum absolute atomic E-state index is 0.183. The first-order chi connectivity index (χ1) is 15.4. The van der Waals surface area contributed by atoms with Crippen molar-refractivity contribution in [2.45, 2.75) is 44.1 Å². The lowest BCUT2D eigenvalue weighted by Gasteiger charge is -2.26. The zero-order valence-electron chi connectivity index (χ0n) is 17.1. The predicted octanol–water partition coefficient (Wildman–Crippen LogP) is 4.74. The van der Waals surface area contributed by atoms with Crippen molar-refractivity contribution in [2.75, 3.05) is 5.32 Å². The van der Waals surface area contributed by atoms with Crippen LogP contribution < -0.4 is 14.6 Å². The molecule has 0 amide bonds. The molecule has 2 heterocycles. The minimum Gasteiger partial charge on any atom is -0.406 e. The third-order valence-electron chi connectivity index (χ3n) is 6.07. The van der Waals surface area contributed by atoms with Crippen LogP contribution in [0, 0.1) is 0 Å². The lowest BCUT2D eigenvalue weighted by atomic mass is 9.86. The molecule has 1 aromatic heterocycles. The highest BCUT2D eigenvalue weighted by Gasteiger charge is 2.36. The average Bonchev–Trinajstić information content (AvgIpc) is 2.78. The first-order valence-corrected chi connectivity index (χ1v) is 10.5. The molecule has 2 aromatic carbocycles. The Hall–Kier alpha value is -3.42. The molecule has 2 atom stereocenters. The monoisotopic (exact) mass is 440 g/mol. The second-order valence-corrected chi connectivity index (χ2v) is 8.13. The fraction of sp³-hybridized carbons (Fsp3) is 0.292. The van der Waals surface area contributed by atoms with Crippen molar-refractivity contribution in [3.8, 4) is 5.75 Å². The second kappa shape index (κ2) is 7.93. The maximum absolute atomic E-state index is 13.1. The Morgan fingerprint density at radius 3 is 2.59 bits per heavy atom. The summed E-state index contributed by atoms with van der Waals surface area (Å²) in [5, 5.41) is 3.47. The molecule has 1 aliphatic heterocycles. The van der Waals surface area contributed by atoms with E-state index in [1.54, 1.807) is 10.9 Å². The van der Waals surface area contributed by atoms with Gasteiger partial charge in [-0.15, -0.1) is 13.2 Å². The number of carbonyl (C=O) groups excluding carboxylic acids is 1. The molecule has 0 bridgehead atoms. The summed E-state index contributed by atoms with van der Waals surface area (Å²) in [5.41, 5.74) is 3.23. The van der Waals surface area contributed by atoms with Gasteiger partial charge < -0.3 is 10.1 Å². The molecule has 0 radical (unpaired) electrons. The van der Waals surface area contributed by atoms with Crippen molar-refractivity contribution >= 4 is 11.6 Å². The lowest BCUT2D eigenvalue weighted by Crippen LogP contribution is -2.47. The number of anilines is 1. The normalized spacial score (nSPS) is 20.2. The first-order valence-electron chi connectivity index (χ1n) is 10.5.